The fraction of sp³-hybridized carbons (Fsp3) is 0.625. The quantitative estimate of drug-likeness (QED) is 0.597. The monoisotopic (exact) mass is 280 g/mol. The van der Waals surface area contributed by atoms with Gasteiger partial charge < -0.3 is 5.11 Å². The molecule has 0 aliphatic carbocycles. The van der Waals surface area contributed by atoms with Crippen LogP contribution in [-0.4, -0.2) is 41.4 Å². The molecule has 4 nitrogen and oxygen atoms in total. The summed E-state index contributed by atoms with van der Waals surface area (Å²) in [6.07, 6.45) is -13.0. The van der Waals surface area contributed by atoms with Gasteiger partial charge in [0.2, 0.25) is 11.6 Å². The standard InChI is InChI=1S/C8H6F6O4/c9-7(10,11)5(17)4(1-3(16)2-15)6(18)8(12,13)14/h4,15H,1-2H2. The number of carbonyl (C=O) groups excluding carboxylic acids is 3. The number of hydrogen-bond acceptors (Lipinski definition) is 4. The molecule has 0 aliphatic rings. The number of rotatable bonds is 5. The summed E-state index contributed by atoms with van der Waals surface area (Å²) in [5.41, 5.74) is 0. The molecule has 0 aliphatic heterocycles. The van der Waals surface area contributed by atoms with Crippen molar-refractivity contribution in [2.75, 3.05) is 6.61 Å². The number of aliphatic hydroxyl groups excluding tert-OH is 1. The van der Waals surface area contributed by atoms with Crippen molar-refractivity contribution < 1.29 is 45.8 Å². The molecule has 0 aromatic heterocycles. The van der Waals surface area contributed by atoms with Crippen LogP contribution in [0.3, 0.4) is 0 Å². The van der Waals surface area contributed by atoms with Crippen LogP contribution in [0.25, 0.3) is 0 Å². The molecule has 18 heavy (non-hydrogen) atoms. The average Bonchev–Trinajstić information content (AvgIpc) is 2.20. The zero-order chi connectivity index (χ0) is 14.7. The molecule has 104 valence electrons. The van der Waals surface area contributed by atoms with Crippen molar-refractivity contribution in [2.24, 2.45) is 5.92 Å². The van der Waals surface area contributed by atoms with Crippen LogP contribution in [0.4, 0.5) is 26.3 Å². The highest BCUT2D eigenvalue weighted by atomic mass is 19.4. The zero-order valence-corrected chi connectivity index (χ0v) is 8.43. The normalized spacial score (nSPS) is 12.7. The van der Waals surface area contributed by atoms with E-state index >= 15 is 0 Å². The van der Waals surface area contributed by atoms with E-state index in [1.807, 2.05) is 0 Å². The van der Waals surface area contributed by atoms with Gasteiger partial charge in [0, 0.05) is 6.42 Å². The molecular weight excluding hydrogens is 274 g/mol. The minimum atomic E-state index is -5.68. The number of hydrogen-bond donors (Lipinski definition) is 1. The van der Waals surface area contributed by atoms with Gasteiger partial charge in [0.05, 0.1) is 0 Å². The molecule has 0 unspecified atom stereocenters. The Bertz CT molecular complexity index is 330. The summed E-state index contributed by atoms with van der Waals surface area (Å²) in [6, 6.07) is 0. The molecule has 0 radical (unpaired) electrons. The molecule has 0 bridgehead atoms. The van der Waals surface area contributed by atoms with E-state index in [2.05, 4.69) is 0 Å². The van der Waals surface area contributed by atoms with E-state index in [1.165, 1.54) is 0 Å². The highest BCUT2D eigenvalue weighted by Crippen LogP contribution is 2.29. The van der Waals surface area contributed by atoms with E-state index < -0.39 is 48.6 Å². The lowest BCUT2D eigenvalue weighted by Gasteiger charge is -2.16. The molecule has 0 spiro atoms. The minimum absolute atomic E-state index is 1.37. The van der Waals surface area contributed by atoms with Gasteiger partial charge in [-0.2, -0.15) is 26.3 Å². The second-order valence-electron chi connectivity index (χ2n) is 3.18. The molecule has 1 N–H and O–H groups in total. The van der Waals surface area contributed by atoms with Crippen molar-refractivity contribution in [1.82, 2.24) is 0 Å². The molecule has 0 heterocycles. The Kier molecular flexibility index (Phi) is 5.02. The fourth-order valence-electron chi connectivity index (χ4n) is 0.992. The third-order valence-corrected chi connectivity index (χ3v) is 1.80. The molecular formula is C8H6F6O4. The van der Waals surface area contributed by atoms with Crippen molar-refractivity contribution in [2.45, 2.75) is 18.8 Å². The summed E-state index contributed by atoms with van der Waals surface area (Å²) >= 11 is 0. The topological polar surface area (TPSA) is 71.4 Å². The van der Waals surface area contributed by atoms with Crippen LogP contribution >= 0.6 is 0 Å². The summed E-state index contributed by atoms with van der Waals surface area (Å²) in [4.78, 5) is 31.8. The molecule has 0 aromatic carbocycles. The van der Waals surface area contributed by atoms with Gasteiger partial charge >= 0.3 is 12.4 Å². The van der Waals surface area contributed by atoms with Gasteiger partial charge in [-0.1, -0.05) is 0 Å². The lowest BCUT2D eigenvalue weighted by atomic mass is 9.92. The second-order valence-corrected chi connectivity index (χ2v) is 3.18. The SMILES string of the molecule is O=C(CO)CC(C(=O)C(F)(F)F)C(=O)C(F)(F)F. The highest BCUT2D eigenvalue weighted by Gasteiger charge is 2.53. The van der Waals surface area contributed by atoms with Crippen LogP contribution in [0.1, 0.15) is 6.42 Å². The number of carbonyl (C=O) groups is 3. The van der Waals surface area contributed by atoms with Gasteiger partial charge in [-0.3, -0.25) is 14.4 Å². The Hall–Kier alpha value is -1.45. The van der Waals surface area contributed by atoms with E-state index in [4.69, 9.17) is 5.11 Å². The lowest BCUT2D eigenvalue weighted by molar-refractivity contribution is -0.190. The van der Waals surface area contributed by atoms with Crippen LogP contribution in [0, 0.1) is 5.92 Å². The number of alkyl halides is 6. The molecule has 0 aromatic rings. The molecule has 10 heteroatoms. The van der Waals surface area contributed by atoms with E-state index in [9.17, 15) is 40.7 Å². The minimum Gasteiger partial charge on any atom is -0.389 e. The Morgan fingerprint density at radius 2 is 1.22 bits per heavy atom. The molecule has 0 fully saturated rings. The smallest absolute Gasteiger partial charge is 0.389 e. The van der Waals surface area contributed by atoms with Crippen LogP contribution < -0.4 is 0 Å². The maximum atomic E-state index is 12.0. The molecule has 0 saturated carbocycles. The average molecular weight is 280 g/mol. The van der Waals surface area contributed by atoms with Crippen LogP contribution in [-0.2, 0) is 14.4 Å². The number of halogens is 6. The van der Waals surface area contributed by atoms with E-state index in [0.29, 0.717) is 0 Å². The van der Waals surface area contributed by atoms with E-state index in [1.54, 1.807) is 0 Å². The van der Waals surface area contributed by atoms with E-state index in [-0.39, 0.29) is 0 Å². The molecule has 0 atom stereocenters. The lowest BCUT2D eigenvalue weighted by Crippen LogP contribution is -2.42. The maximum Gasteiger partial charge on any atom is 0.450 e. The summed E-state index contributed by atoms with van der Waals surface area (Å²) in [5.74, 6) is -10.6. The predicted octanol–water partition coefficient (Wildman–Crippen LogP) is 0.817. The highest BCUT2D eigenvalue weighted by molar-refractivity contribution is 6.09. The van der Waals surface area contributed by atoms with Crippen LogP contribution in [0.15, 0.2) is 0 Å². The van der Waals surface area contributed by atoms with Crippen LogP contribution in [0.5, 0.6) is 0 Å². The van der Waals surface area contributed by atoms with Gasteiger partial charge in [-0.15, -0.1) is 0 Å². The Morgan fingerprint density at radius 3 is 1.44 bits per heavy atom. The second kappa shape index (κ2) is 5.46. The first-order valence-electron chi connectivity index (χ1n) is 4.26. The van der Waals surface area contributed by atoms with Gasteiger partial charge in [0.25, 0.3) is 0 Å². The summed E-state index contributed by atoms with van der Waals surface area (Å²) in [7, 11) is 0. The van der Waals surface area contributed by atoms with Crippen molar-refractivity contribution in [3.8, 4) is 0 Å². The third-order valence-electron chi connectivity index (χ3n) is 1.80. The van der Waals surface area contributed by atoms with E-state index in [0.717, 1.165) is 0 Å². The van der Waals surface area contributed by atoms with Gasteiger partial charge in [0.15, 0.2) is 5.78 Å². The van der Waals surface area contributed by atoms with Crippen LogP contribution in [0.2, 0.25) is 0 Å². The van der Waals surface area contributed by atoms with Crippen molar-refractivity contribution in [1.29, 1.82) is 0 Å². The number of aliphatic hydroxyl groups is 1. The Balaban J connectivity index is 5.26. The third kappa shape index (κ3) is 4.43. The van der Waals surface area contributed by atoms with Crippen molar-refractivity contribution in [3.63, 3.8) is 0 Å². The van der Waals surface area contributed by atoms with Gasteiger partial charge in [-0.05, 0) is 0 Å². The predicted molar refractivity (Wildman–Crippen MR) is 42.3 cm³/mol. The van der Waals surface area contributed by atoms with Crippen molar-refractivity contribution >= 4 is 17.3 Å². The number of Topliss-reactive ketones (excluding diaryl/α,β-unsaturated/α-hetero) is 3. The Labute approximate surface area is 95.6 Å². The zero-order valence-electron chi connectivity index (χ0n) is 8.43. The largest absolute Gasteiger partial charge is 0.450 e. The molecule has 0 saturated heterocycles. The first-order chi connectivity index (χ1) is 7.91. The fourth-order valence-corrected chi connectivity index (χ4v) is 0.992. The summed E-state index contributed by atoms with van der Waals surface area (Å²) < 4.78 is 71.8. The van der Waals surface area contributed by atoms with Gasteiger partial charge in [-0.25, -0.2) is 0 Å². The number of ketones is 3. The molecule has 0 rings (SSSR count). The first-order valence-corrected chi connectivity index (χ1v) is 4.26. The molecule has 0 amide bonds. The first kappa shape index (κ1) is 16.6. The van der Waals surface area contributed by atoms with Crippen molar-refractivity contribution in [3.05, 3.63) is 0 Å². The summed E-state index contributed by atoms with van der Waals surface area (Å²) in [6.45, 7) is -1.37. The van der Waals surface area contributed by atoms with Gasteiger partial charge in [0.1, 0.15) is 12.5 Å². The maximum absolute atomic E-state index is 12.0. The Morgan fingerprint density at radius 1 is 0.889 bits per heavy atom. The summed E-state index contributed by atoms with van der Waals surface area (Å²) in [5, 5.41) is 8.22.